The van der Waals surface area contributed by atoms with Crippen molar-refractivity contribution in [1.82, 2.24) is 10.6 Å². The molecule has 0 aliphatic heterocycles. The molecule has 5 heteroatoms. The number of hydrogen-bond acceptors (Lipinski definition) is 3. The third-order valence-electron chi connectivity index (χ3n) is 6.45. The molecule has 0 aromatic heterocycles. The van der Waals surface area contributed by atoms with Crippen molar-refractivity contribution < 1.29 is 14.3 Å². The van der Waals surface area contributed by atoms with Crippen molar-refractivity contribution in [1.29, 1.82) is 0 Å². The average Bonchev–Trinajstić information content (AvgIpc) is 3.18. The molecule has 0 aromatic carbocycles. The number of carbonyl (C=O) groups excluding carboxylic acids is 2. The highest BCUT2D eigenvalue weighted by Crippen LogP contribution is 2.30. The zero-order valence-electron chi connectivity index (χ0n) is 21.7. The molecule has 2 N–H and O–H groups in total. The van der Waals surface area contributed by atoms with Crippen molar-refractivity contribution in [3.8, 4) is 0 Å². The summed E-state index contributed by atoms with van der Waals surface area (Å²) in [5, 5.41) is 5.95. The predicted octanol–water partition coefficient (Wildman–Crippen LogP) is 7.42. The molecule has 0 spiro atoms. The van der Waals surface area contributed by atoms with Gasteiger partial charge in [0, 0.05) is 6.54 Å². The quantitative estimate of drug-likeness (QED) is 0.226. The lowest BCUT2D eigenvalue weighted by atomic mass is 9.96. The van der Waals surface area contributed by atoms with Gasteiger partial charge in [0.05, 0.1) is 0 Å². The highest BCUT2D eigenvalue weighted by Gasteiger charge is 2.43. The van der Waals surface area contributed by atoms with E-state index in [4.69, 9.17) is 4.74 Å². The third-order valence-corrected chi connectivity index (χ3v) is 6.45. The minimum Gasteiger partial charge on any atom is -0.444 e. The molecule has 0 aromatic rings. The summed E-state index contributed by atoms with van der Waals surface area (Å²) in [4.78, 5) is 25.0. The monoisotopic (exact) mass is 452 g/mol. The van der Waals surface area contributed by atoms with Crippen LogP contribution in [0.1, 0.15) is 143 Å². The highest BCUT2D eigenvalue weighted by atomic mass is 16.6. The maximum atomic E-state index is 12.8. The zero-order chi connectivity index (χ0) is 23.7. The summed E-state index contributed by atoms with van der Waals surface area (Å²) >= 11 is 0. The Bertz CT molecular complexity index is 508. The standard InChI is InChI=1S/C27H52N2O3/c1-5-6-7-8-9-10-11-12-13-14-15-16-17-20-23-28-24(30)27(21-18-19-22-27)29-25(31)32-26(2,3)4/h5-23H2,1-4H3,(H,28,30)(H,29,31). The lowest BCUT2D eigenvalue weighted by Gasteiger charge is -2.30. The first kappa shape index (κ1) is 28.8. The topological polar surface area (TPSA) is 67.4 Å². The van der Waals surface area contributed by atoms with E-state index in [1.807, 2.05) is 20.8 Å². The number of nitrogens with one attached hydrogen (secondary N) is 2. The second kappa shape index (κ2) is 16.4. The van der Waals surface area contributed by atoms with Crippen LogP contribution in [0.5, 0.6) is 0 Å². The summed E-state index contributed by atoms with van der Waals surface area (Å²) < 4.78 is 5.38. The van der Waals surface area contributed by atoms with Gasteiger partial charge in [-0.2, -0.15) is 0 Å². The van der Waals surface area contributed by atoms with E-state index in [2.05, 4.69) is 17.6 Å². The van der Waals surface area contributed by atoms with Crippen LogP contribution in [0.4, 0.5) is 4.79 Å². The van der Waals surface area contributed by atoms with Crippen LogP contribution >= 0.6 is 0 Å². The van der Waals surface area contributed by atoms with Gasteiger partial charge < -0.3 is 15.4 Å². The third kappa shape index (κ3) is 13.3. The molecular weight excluding hydrogens is 400 g/mol. The number of ether oxygens (including phenoxy) is 1. The van der Waals surface area contributed by atoms with Gasteiger partial charge in [-0.25, -0.2) is 4.79 Å². The van der Waals surface area contributed by atoms with E-state index in [-0.39, 0.29) is 5.91 Å². The SMILES string of the molecule is CCCCCCCCCCCCCCCCNC(=O)C1(NC(=O)OC(C)(C)C)CCCC1. The highest BCUT2D eigenvalue weighted by molar-refractivity contribution is 5.90. The predicted molar refractivity (Wildman–Crippen MR) is 134 cm³/mol. The Kier molecular flexibility index (Phi) is 14.7. The van der Waals surface area contributed by atoms with Gasteiger partial charge in [-0.1, -0.05) is 103 Å². The Balaban J connectivity index is 2.05. The summed E-state index contributed by atoms with van der Waals surface area (Å²) in [6, 6.07) is 0. The molecule has 1 fully saturated rings. The van der Waals surface area contributed by atoms with Crippen molar-refractivity contribution in [3.63, 3.8) is 0 Å². The first-order valence-corrected chi connectivity index (χ1v) is 13.6. The van der Waals surface area contributed by atoms with Gasteiger partial charge in [0.1, 0.15) is 11.1 Å². The van der Waals surface area contributed by atoms with Crippen LogP contribution in [-0.4, -0.2) is 29.7 Å². The first-order valence-electron chi connectivity index (χ1n) is 13.6. The Morgan fingerprint density at radius 1 is 0.750 bits per heavy atom. The van der Waals surface area contributed by atoms with Crippen LogP contribution in [0, 0.1) is 0 Å². The molecule has 2 amide bonds. The Morgan fingerprint density at radius 2 is 1.19 bits per heavy atom. The summed E-state index contributed by atoms with van der Waals surface area (Å²) in [6.07, 6.45) is 21.4. The van der Waals surface area contributed by atoms with Crippen molar-refractivity contribution in [2.45, 2.75) is 154 Å². The number of unbranched alkanes of at least 4 members (excludes halogenated alkanes) is 13. The normalized spacial score (nSPS) is 15.5. The van der Waals surface area contributed by atoms with E-state index in [9.17, 15) is 9.59 Å². The molecule has 0 bridgehead atoms. The molecule has 0 saturated heterocycles. The summed E-state index contributed by atoms with van der Waals surface area (Å²) in [6.45, 7) is 8.47. The summed E-state index contributed by atoms with van der Waals surface area (Å²) in [7, 11) is 0. The molecule has 1 aliphatic carbocycles. The van der Waals surface area contributed by atoms with Gasteiger partial charge in [-0.15, -0.1) is 0 Å². The Morgan fingerprint density at radius 3 is 1.62 bits per heavy atom. The van der Waals surface area contributed by atoms with Crippen molar-refractivity contribution in [3.05, 3.63) is 0 Å². The molecule has 0 unspecified atom stereocenters. The van der Waals surface area contributed by atoms with E-state index in [1.165, 1.54) is 77.0 Å². The van der Waals surface area contributed by atoms with E-state index in [1.54, 1.807) is 0 Å². The fraction of sp³-hybridized carbons (Fsp3) is 0.926. The van der Waals surface area contributed by atoms with Crippen LogP contribution in [0.15, 0.2) is 0 Å². The van der Waals surface area contributed by atoms with Crippen molar-refractivity contribution in [2.24, 2.45) is 0 Å². The minimum absolute atomic E-state index is 0.0458. The Labute approximate surface area is 198 Å². The molecule has 1 rings (SSSR count). The number of alkyl carbamates (subject to hydrolysis) is 1. The number of rotatable bonds is 17. The smallest absolute Gasteiger partial charge is 0.408 e. The zero-order valence-corrected chi connectivity index (χ0v) is 21.7. The van der Waals surface area contributed by atoms with Gasteiger partial charge in [-0.3, -0.25) is 4.79 Å². The lowest BCUT2D eigenvalue weighted by Crippen LogP contribution is -2.58. The molecular formula is C27H52N2O3. The average molecular weight is 453 g/mol. The van der Waals surface area contributed by atoms with Gasteiger partial charge in [0.2, 0.25) is 5.91 Å². The van der Waals surface area contributed by atoms with Crippen LogP contribution in [0.25, 0.3) is 0 Å². The second-order valence-electron chi connectivity index (χ2n) is 10.8. The maximum absolute atomic E-state index is 12.8. The van der Waals surface area contributed by atoms with E-state index < -0.39 is 17.2 Å². The van der Waals surface area contributed by atoms with E-state index in [0.29, 0.717) is 19.4 Å². The maximum Gasteiger partial charge on any atom is 0.408 e. The van der Waals surface area contributed by atoms with E-state index in [0.717, 1.165) is 25.7 Å². The molecule has 0 radical (unpaired) electrons. The van der Waals surface area contributed by atoms with Crippen LogP contribution in [0.3, 0.4) is 0 Å². The number of amides is 2. The molecule has 188 valence electrons. The first-order chi connectivity index (χ1) is 15.3. The number of hydrogen-bond donors (Lipinski definition) is 2. The van der Waals surface area contributed by atoms with Crippen molar-refractivity contribution in [2.75, 3.05) is 6.54 Å². The molecule has 1 aliphatic rings. The van der Waals surface area contributed by atoms with Gasteiger partial charge in [0.15, 0.2) is 0 Å². The van der Waals surface area contributed by atoms with Crippen molar-refractivity contribution >= 4 is 12.0 Å². The molecule has 0 heterocycles. The fourth-order valence-electron chi connectivity index (χ4n) is 4.58. The fourth-order valence-corrected chi connectivity index (χ4v) is 4.58. The summed E-state index contributed by atoms with van der Waals surface area (Å²) in [5.74, 6) is -0.0458. The van der Waals surface area contributed by atoms with Crippen LogP contribution < -0.4 is 10.6 Å². The Hall–Kier alpha value is -1.26. The molecule has 32 heavy (non-hydrogen) atoms. The van der Waals surface area contributed by atoms with Gasteiger partial charge in [-0.05, 0) is 40.0 Å². The van der Waals surface area contributed by atoms with Crippen LogP contribution in [0.2, 0.25) is 0 Å². The van der Waals surface area contributed by atoms with Gasteiger partial charge >= 0.3 is 6.09 Å². The molecule has 0 atom stereocenters. The minimum atomic E-state index is -0.793. The largest absolute Gasteiger partial charge is 0.444 e. The van der Waals surface area contributed by atoms with Crippen LogP contribution in [-0.2, 0) is 9.53 Å². The molecule has 1 saturated carbocycles. The molecule has 5 nitrogen and oxygen atoms in total. The number of carbonyl (C=O) groups is 2. The summed E-state index contributed by atoms with van der Waals surface area (Å²) in [5.41, 5.74) is -1.35. The lowest BCUT2D eigenvalue weighted by molar-refractivity contribution is -0.127. The second-order valence-corrected chi connectivity index (χ2v) is 10.8. The van der Waals surface area contributed by atoms with Gasteiger partial charge in [0.25, 0.3) is 0 Å². The van der Waals surface area contributed by atoms with E-state index >= 15 is 0 Å².